The minimum absolute atomic E-state index is 0.173. The number of carbonyl (C=O) groups excluding carboxylic acids is 2. The van der Waals surface area contributed by atoms with Gasteiger partial charge in [0.1, 0.15) is 13.2 Å². The first-order valence-electron chi connectivity index (χ1n) is 10.4. The van der Waals surface area contributed by atoms with Crippen LogP contribution in [0.2, 0.25) is 0 Å². The number of hydrogen-bond donors (Lipinski definition) is 0. The highest BCUT2D eigenvalue weighted by Crippen LogP contribution is 2.23. The lowest BCUT2D eigenvalue weighted by Gasteiger charge is -2.13. The van der Waals surface area contributed by atoms with Crippen molar-refractivity contribution in [3.05, 3.63) is 23.3 Å². The second kappa shape index (κ2) is 12.7. The lowest BCUT2D eigenvalue weighted by Crippen LogP contribution is -2.07. The zero-order chi connectivity index (χ0) is 18.5. The number of rotatable bonds is 9. The Hall–Kier alpha value is -1.58. The van der Waals surface area contributed by atoms with Crippen molar-refractivity contribution in [3.63, 3.8) is 0 Å². The fraction of sp³-hybridized carbons (Fsp3) is 0.727. The van der Waals surface area contributed by atoms with E-state index in [2.05, 4.69) is 12.2 Å². The summed E-state index contributed by atoms with van der Waals surface area (Å²) in [6, 6.07) is 0. The van der Waals surface area contributed by atoms with Crippen LogP contribution in [0.25, 0.3) is 0 Å². The van der Waals surface area contributed by atoms with Crippen molar-refractivity contribution in [2.45, 2.75) is 89.9 Å². The van der Waals surface area contributed by atoms with Crippen molar-refractivity contribution in [1.82, 2.24) is 0 Å². The molecule has 0 aromatic heterocycles. The summed E-state index contributed by atoms with van der Waals surface area (Å²) in [5.41, 5.74) is 2.85. The smallest absolute Gasteiger partial charge is 0.306 e. The topological polar surface area (TPSA) is 52.6 Å². The van der Waals surface area contributed by atoms with Crippen LogP contribution >= 0.6 is 0 Å². The van der Waals surface area contributed by atoms with E-state index in [9.17, 15) is 9.59 Å². The van der Waals surface area contributed by atoms with Gasteiger partial charge in [-0.15, -0.1) is 0 Å². The van der Waals surface area contributed by atoms with Gasteiger partial charge in [-0.1, -0.05) is 24.0 Å². The van der Waals surface area contributed by atoms with Gasteiger partial charge in [-0.05, 0) is 76.4 Å². The largest absolute Gasteiger partial charge is 0.461 e. The van der Waals surface area contributed by atoms with Gasteiger partial charge in [0.15, 0.2) is 0 Å². The fourth-order valence-corrected chi connectivity index (χ4v) is 3.61. The van der Waals surface area contributed by atoms with Crippen molar-refractivity contribution in [2.24, 2.45) is 0 Å². The zero-order valence-electron chi connectivity index (χ0n) is 16.1. The maximum absolute atomic E-state index is 11.7. The van der Waals surface area contributed by atoms with Gasteiger partial charge < -0.3 is 9.47 Å². The molecule has 0 spiro atoms. The van der Waals surface area contributed by atoms with Crippen LogP contribution in [0, 0.1) is 0 Å². The van der Waals surface area contributed by atoms with Gasteiger partial charge in [-0.25, -0.2) is 0 Å². The molecule has 2 aliphatic rings. The van der Waals surface area contributed by atoms with Crippen LogP contribution < -0.4 is 0 Å². The molecule has 0 bridgehead atoms. The number of allylic oxidation sites excluding steroid dienone is 2. The molecule has 0 amide bonds. The summed E-state index contributed by atoms with van der Waals surface area (Å²) in [7, 11) is 0. The van der Waals surface area contributed by atoms with Crippen molar-refractivity contribution in [1.29, 1.82) is 0 Å². The number of unbranched alkanes of at least 4 members (excludes halogenated alkanes) is 1. The molecule has 0 aliphatic heterocycles. The zero-order valence-corrected chi connectivity index (χ0v) is 16.1. The van der Waals surface area contributed by atoms with E-state index < -0.39 is 0 Å². The van der Waals surface area contributed by atoms with E-state index in [1.807, 2.05) is 0 Å². The molecular weight excluding hydrogens is 328 g/mol. The molecule has 0 atom stereocenters. The van der Waals surface area contributed by atoms with Crippen molar-refractivity contribution < 1.29 is 19.1 Å². The lowest BCUT2D eigenvalue weighted by atomic mass is 9.95. The van der Waals surface area contributed by atoms with Crippen LogP contribution in [-0.2, 0) is 19.1 Å². The Morgan fingerprint density at radius 3 is 1.42 bits per heavy atom. The summed E-state index contributed by atoms with van der Waals surface area (Å²) >= 11 is 0. The SMILES string of the molecule is O=C(CCCCC(=O)OCC=C1CCCCC1)OCC=C1CCCCC1. The molecule has 146 valence electrons. The summed E-state index contributed by atoms with van der Waals surface area (Å²) in [5, 5.41) is 0. The summed E-state index contributed by atoms with van der Waals surface area (Å²) < 4.78 is 10.5. The van der Waals surface area contributed by atoms with Crippen molar-refractivity contribution in [3.8, 4) is 0 Å². The Labute approximate surface area is 158 Å². The molecule has 0 radical (unpaired) electrons. The van der Waals surface area contributed by atoms with Crippen molar-refractivity contribution >= 4 is 11.9 Å². The van der Waals surface area contributed by atoms with E-state index in [-0.39, 0.29) is 11.9 Å². The van der Waals surface area contributed by atoms with E-state index in [1.54, 1.807) is 0 Å². The normalized spacial score (nSPS) is 17.5. The number of hydrogen-bond acceptors (Lipinski definition) is 4. The van der Waals surface area contributed by atoms with Gasteiger partial charge >= 0.3 is 11.9 Å². The average Bonchev–Trinajstić information content (AvgIpc) is 2.67. The summed E-state index contributed by atoms with van der Waals surface area (Å²) in [6.07, 6.45) is 18.5. The maximum atomic E-state index is 11.7. The fourth-order valence-electron chi connectivity index (χ4n) is 3.61. The maximum Gasteiger partial charge on any atom is 0.306 e. The van der Waals surface area contributed by atoms with Gasteiger partial charge in [0.25, 0.3) is 0 Å². The summed E-state index contributed by atoms with van der Waals surface area (Å²) in [5.74, 6) is -0.346. The second-order valence-electron chi connectivity index (χ2n) is 7.42. The minimum atomic E-state index is -0.173. The Balaban J connectivity index is 1.45. The molecular formula is C22H34O4. The van der Waals surface area contributed by atoms with Gasteiger partial charge in [0, 0.05) is 12.8 Å². The van der Waals surface area contributed by atoms with Gasteiger partial charge in [0.2, 0.25) is 0 Å². The molecule has 2 saturated carbocycles. The Morgan fingerprint density at radius 1 is 0.654 bits per heavy atom. The second-order valence-corrected chi connectivity index (χ2v) is 7.42. The number of esters is 2. The standard InChI is InChI=1S/C22H34O4/c23-21(25-17-15-19-9-3-1-4-10-19)13-7-8-14-22(24)26-18-16-20-11-5-2-6-12-20/h15-16H,1-14,17-18H2. The molecule has 4 nitrogen and oxygen atoms in total. The van der Waals surface area contributed by atoms with E-state index in [4.69, 9.17) is 9.47 Å². The van der Waals surface area contributed by atoms with Crippen LogP contribution in [0.4, 0.5) is 0 Å². The molecule has 2 fully saturated rings. The first-order chi connectivity index (χ1) is 12.7. The van der Waals surface area contributed by atoms with Gasteiger partial charge in [-0.2, -0.15) is 0 Å². The molecule has 0 aromatic carbocycles. The van der Waals surface area contributed by atoms with E-state index in [0.717, 1.165) is 25.7 Å². The summed E-state index contributed by atoms with van der Waals surface area (Å²) in [4.78, 5) is 23.4. The highest BCUT2D eigenvalue weighted by atomic mass is 16.5. The third kappa shape index (κ3) is 9.21. The first-order valence-corrected chi connectivity index (χ1v) is 10.4. The van der Waals surface area contributed by atoms with Crippen LogP contribution in [0.5, 0.6) is 0 Å². The Bertz CT molecular complexity index is 442. The van der Waals surface area contributed by atoms with Crippen LogP contribution in [0.15, 0.2) is 23.3 Å². The van der Waals surface area contributed by atoms with E-state index in [1.165, 1.54) is 49.7 Å². The number of carbonyl (C=O) groups is 2. The predicted octanol–water partition coefficient (Wildman–Crippen LogP) is 5.41. The van der Waals surface area contributed by atoms with Crippen molar-refractivity contribution in [2.75, 3.05) is 13.2 Å². The quantitative estimate of drug-likeness (QED) is 0.312. The molecule has 0 saturated heterocycles. The highest BCUT2D eigenvalue weighted by Gasteiger charge is 2.08. The molecule has 2 aliphatic carbocycles. The van der Waals surface area contributed by atoms with Gasteiger partial charge in [-0.3, -0.25) is 9.59 Å². The Morgan fingerprint density at radius 2 is 1.04 bits per heavy atom. The number of ether oxygens (including phenoxy) is 2. The lowest BCUT2D eigenvalue weighted by molar-refractivity contribution is -0.144. The van der Waals surface area contributed by atoms with Crippen LogP contribution in [-0.4, -0.2) is 25.2 Å². The third-order valence-corrected chi connectivity index (χ3v) is 5.24. The molecule has 0 unspecified atom stereocenters. The van der Waals surface area contributed by atoms with E-state index in [0.29, 0.717) is 38.9 Å². The molecule has 4 heteroatoms. The van der Waals surface area contributed by atoms with E-state index >= 15 is 0 Å². The third-order valence-electron chi connectivity index (χ3n) is 5.24. The molecule has 2 rings (SSSR count). The molecule has 0 aromatic rings. The first kappa shape index (κ1) is 20.7. The average molecular weight is 363 g/mol. The summed E-state index contributed by atoms with van der Waals surface area (Å²) in [6.45, 7) is 0.787. The highest BCUT2D eigenvalue weighted by molar-refractivity contribution is 5.70. The molecule has 0 N–H and O–H groups in total. The monoisotopic (exact) mass is 362 g/mol. The predicted molar refractivity (Wildman–Crippen MR) is 103 cm³/mol. The minimum Gasteiger partial charge on any atom is -0.461 e. The van der Waals surface area contributed by atoms with Crippen LogP contribution in [0.1, 0.15) is 89.9 Å². The molecule has 0 heterocycles. The Kier molecular flexibility index (Phi) is 10.1. The molecule has 26 heavy (non-hydrogen) atoms. The van der Waals surface area contributed by atoms with Gasteiger partial charge in [0.05, 0.1) is 0 Å². The van der Waals surface area contributed by atoms with Crippen LogP contribution in [0.3, 0.4) is 0 Å².